The van der Waals surface area contributed by atoms with Crippen LogP contribution in [0, 0.1) is 0 Å². The molecule has 0 spiro atoms. The van der Waals surface area contributed by atoms with Gasteiger partial charge in [-0.1, -0.05) is 0 Å². The van der Waals surface area contributed by atoms with Crippen molar-refractivity contribution in [2.45, 2.75) is 0 Å². The molecule has 0 aromatic rings. The molecule has 0 amide bonds. The van der Waals surface area contributed by atoms with Crippen molar-refractivity contribution in [3.05, 3.63) is 0 Å². The van der Waals surface area contributed by atoms with Gasteiger partial charge >= 0.3 is 5.17 Å². The van der Waals surface area contributed by atoms with E-state index in [0.717, 1.165) is 11.9 Å². The van der Waals surface area contributed by atoms with Crippen molar-refractivity contribution in [2.24, 2.45) is 10.9 Å². The van der Waals surface area contributed by atoms with E-state index in [2.05, 4.69) is 0 Å². The molecule has 0 aromatic carbocycles. The molecule has 0 aliphatic heterocycles. The lowest BCUT2D eigenvalue weighted by Crippen LogP contribution is -2.43. The first kappa shape index (κ1) is 4.78. The van der Waals surface area contributed by atoms with Crippen molar-refractivity contribution in [3.8, 4) is 0 Å². The number of amidine groups is 1. The highest BCUT2D eigenvalue weighted by atomic mass is 32.2. The maximum atomic E-state index is 4.82. The van der Waals surface area contributed by atoms with Crippen LogP contribution in [-0.2, 0) is 0 Å². The highest BCUT2D eigenvalue weighted by Crippen LogP contribution is 1.70. The Balaban J connectivity index is 2.85. The summed E-state index contributed by atoms with van der Waals surface area (Å²) in [5, 5.41) is 9.82. The van der Waals surface area contributed by atoms with E-state index in [9.17, 15) is 0 Å². The minimum atomic E-state index is 0.199. The Morgan fingerprint density at radius 2 is 2.00 bits per heavy atom. The summed E-state index contributed by atoms with van der Waals surface area (Å²) in [6.45, 7) is 0. The van der Waals surface area contributed by atoms with E-state index in [-0.39, 0.29) is 5.17 Å². The molecule has 0 unspecified atom stereocenters. The van der Waals surface area contributed by atoms with Crippen LogP contribution >= 0.6 is 11.9 Å². The zero-order valence-electron chi connectivity index (χ0n) is 2.64. The fourth-order valence-electron chi connectivity index (χ4n) is 0. The van der Waals surface area contributed by atoms with Crippen molar-refractivity contribution < 1.29 is 5.41 Å². The van der Waals surface area contributed by atoms with Gasteiger partial charge in [-0.05, 0) is 0 Å². The summed E-state index contributed by atoms with van der Waals surface area (Å²) < 4.78 is 0. The van der Waals surface area contributed by atoms with E-state index in [1.807, 2.05) is 0 Å². The molecule has 30 valence electrons. The third-order valence-corrected chi connectivity index (χ3v) is 0.408. The van der Waals surface area contributed by atoms with Crippen LogP contribution in [0.5, 0.6) is 0 Å². The fraction of sp³-hybridized carbons (Fsp3) is 0. The van der Waals surface area contributed by atoms with Crippen molar-refractivity contribution in [3.63, 3.8) is 0 Å². The summed E-state index contributed by atoms with van der Waals surface area (Å²) in [6.07, 6.45) is 0. The van der Waals surface area contributed by atoms with Gasteiger partial charge in [0.15, 0.2) is 0 Å². The summed E-state index contributed by atoms with van der Waals surface area (Å²) in [6, 6.07) is 0. The van der Waals surface area contributed by atoms with Crippen LogP contribution < -0.4 is 16.3 Å². The lowest BCUT2D eigenvalue weighted by atomic mass is 11.4. The molecule has 0 saturated heterocycles. The van der Waals surface area contributed by atoms with E-state index < -0.39 is 0 Å². The highest BCUT2D eigenvalue weighted by Gasteiger charge is 1.81. The molecule has 0 fully saturated rings. The average Bonchev–Trinajstić information content (AvgIpc) is 1.38. The van der Waals surface area contributed by atoms with E-state index in [1.165, 1.54) is 0 Å². The Morgan fingerprint density at radius 1 is 1.80 bits per heavy atom. The number of hydrogen-bond donors (Lipinski definition) is 3. The Hall–Kier alpha value is -0.220. The largest absolute Gasteiger partial charge is 0.314 e. The molecule has 0 atom stereocenters. The molecule has 0 aliphatic carbocycles. The van der Waals surface area contributed by atoms with Gasteiger partial charge in [0.25, 0.3) is 0 Å². The second kappa shape index (κ2) is 2.04. The first-order valence-corrected chi connectivity index (χ1v) is 1.90. The van der Waals surface area contributed by atoms with Gasteiger partial charge in [0, 0.05) is 11.9 Å². The predicted molar refractivity (Wildman–Crippen MR) is 22.9 cm³/mol. The molecule has 0 rings (SSSR count). The van der Waals surface area contributed by atoms with Gasteiger partial charge in [0.05, 0.1) is 0 Å². The molecule has 0 saturated carbocycles. The zero-order chi connectivity index (χ0) is 4.28. The van der Waals surface area contributed by atoms with Gasteiger partial charge in [-0.2, -0.15) is 0 Å². The zero-order valence-corrected chi connectivity index (χ0v) is 3.46. The fourth-order valence-corrected chi connectivity index (χ4v) is 0. The lowest BCUT2D eigenvalue weighted by molar-refractivity contribution is -0.110. The van der Waals surface area contributed by atoms with Crippen LogP contribution in [0.25, 0.3) is 0 Å². The minimum Gasteiger partial charge on any atom is -0.281 e. The van der Waals surface area contributed by atoms with E-state index in [0.29, 0.717) is 0 Å². The van der Waals surface area contributed by atoms with Crippen LogP contribution in [0.2, 0.25) is 0 Å². The molecule has 0 bridgehead atoms. The molecule has 5 heavy (non-hydrogen) atoms. The highest BCUT2D eigenvalue weighted by molar-refractivity contribution is 8.11. The average molecular weight is 92.1 g/mol. The standard InChI is InChI=1S/CH5N3S/c2-1(3)5-4/h4H2,(H3,2,3)/p+1. The summed E-state index contributed by atoms with van der Waals surface area (Å²) in [5.74, 6) is 0. The van der Waals surface area contributed by atoms with E-state index in [4.69, 9.17) is 16.3 Å². The molecular formula is CH6N3S+. The molecule has 6 N–H and O–H groups in total. The van der Waals surface area contributed by atoms with Crippen molar-refractivity contribution in [1.82, 2.24) is 0 Å². The smallest absolute Gasteiger partial charge is 0.281 e. The summed E-state index contributed by atoms with van der Waals surface area (Å²) in [7, 11) is 0. The van der Waals surface area contributed by atoms with Crippen LogP contribution in [-0.4, -0.2) is 5.17 Å². The predicted octanol–water partition coefficient (Wildman–Crippen LogP) is -2.33. The third-order valence-electron chi connectivity index (χ3n) is 0.136. The summed E-state index contributed by atoms with van der Waals surface area (Å²) in [4.78, 5) is 0. The minimum absolute atomic E-state index is 0.199. The Kier molecular flexibility index (Phi) is 1.95. The van der Waals surface area contributed by atoms with Gasteiger partial charge in [-0.3, -0.25) is 16.3 Å². The normalized spacial score (nSPS) is 7.40. The van der Waals surface area contributed by atoms with Crippen LogP contribution in [0.3, 0.4) is 0 Å². The van der Waals surface area contributed by atoms with Crippen LogP contribution in [0.4, 0.5) is 0 Å². The third kappa shape index (κ3) is 3.78. The van der Waals surface area contributed by atoms with Crippen LogP contribution in [0.15, 0.2) is 0 Å². The van der Waals surface area contributed by atoms with Crippen molar-refractivity contribution in [2.75, 3.05) is 0 Å². The molecular weight excluding hydrogens is 86.1 g/mol. The number of hydrogen-bond acceptors (Lipinski definition) is 2. The molecule has 0 heterocycles. The Labute approximate surface area is 34.4 Å². The van der Waals surface area contributed by atoms with Crippen molar-refractivity contribution >= 4 is 17.1 Å². The second-order valence-corrected chi connectivity index (χ2v) is 1.23. The van der Waals surface area contributed by atoms with Gasteiger partial charge in [0.1, 0.15) is 0 Å². The lowest BCUT2D eigenvalue weighted by Gasteiger charge is -1.70. The molecule has 3 nitrogen and oxygen atoms in total. The SMILES string of the molecule is NSC(N)=[NH2+]. The first-order valence-electron chi connectivity index (χ1n) is 1.02. The van der Waals surface area contributed by atoms with Crippen molar-refractivity contribution in [1.29, 1.82) is 0 Å². The maximum absolute atomic E-state index is 4.82. The molecule has 4 heteroatoms. The number of rotatable bonds is 0. The monoisotopic (exact) mass is 92.0 g/mol. The second-order valence-electron chi connectivity index (χ2n) is 0.520. The van der Waals surface area contributed by atoms with Gasteiger partial charge in [-0.15, -0.1) is 0 Å². The summed E-state index contributed by atoms with van der Waals surface area (Å²) >= 11 is 0.852. The van der Waals surface area contributed by atoms with Gasteiger partial charge < -0.3 is 0 Å². The van der Waals surface area contributed by atoms with Gasteiger partial charge in [0.2, 0.25) is 0 Å². The summed E-state index contributed by atoms with van der Waals surface area (Å²) in [5.41, 5.74) is 4.82. The van der Waals surface area contributed by atoms with E-state index in [1.54, 1.807) is 0 Å². The number of nitrogens with two attached hydrogens (primary N) is 3. The molecule has 0 aromatic heterocycles. The van der Waals surface area contributed by atoms with Gasteiger partial charge in [-0.25, -0.2) is 0 Å². The molecule has 0 radical (unpaired) electrons. The van der Waals surface area contributed by atoms with E-state index >= 15 is 0 Å². The van der Waals surface area contributed by atoms with Crippen LogP contribution in [0.1, 0.15) is 0 Å². The quantitative estimate of drug-likeness (QED) is 0.178. The Bertz CT molecular complexity index is 42.2. The topological polar surface area (TPSA) is 77.6 Å². The molecule has 0 aliphatic rings. The maximum Gasteiger partial charge on any atom is 0.314 e. The first-order chi connectivity index (χ1) is 2.27. The Morgan fingerprint density at radius 3 is 2.00 bits per heavy atom.